The normalized spacial score (nSPS) is 30.5. The fourth-order valence-corrected chi connectivity index (χ4v) is 4.88. The number of carbonyl (C=O) groups is 4. The number of carboxylic acids is 1. The molecule has 10 heteroatoms. The third-order valence-corrected chi connectivity index (χ3v) is 6.50. The number of nitrogens with zero attached hydrogens (tertiary/aromatic N) is 3. The smallest absolute Gasteiger partial charge is 0.330 e. The zero-order valence-corrected chi connectivity index (χ0v) is 16.5. The fraction of sp³-hybridized carbons (Fsp3) is 0.500. The Labute approximate surface area is 171 Å². The van der Waals surface area contributed by atoms with E-state index in [0.717, 1.165) is 9.80 Å². The highest BCUT2D eigenvalue weighted by atomic mass is 16.6. The van der Waals surface area contributed by atoms with Crippen LogP contribution in [0.15, 0.2) is 24.3 Å². The van der Waals surface area contributed by atoms with E-state index in [4.69, 9.17) is 0 Å². The number of non-ortho nitro benzene ring substituents is 1. The summed E-state index contributed by atoms with van der Waals surface area (Å²) in [4.78, 5) is 64.7. The van der Waals surface area contributed by atoms with Crippen molar-refractivity contribution in [2.45, 2.75) is 38.3 Å². The van der Waals surface area contributed by atoms with Crippen molar-refractivity contribution >= 4 is 29.4 Å². The average Bonchev–Trinajstić information content (AvgIpc) is 3.46. The van der Waals surface area contributed by atoms with Crippen molar-refractivity contribution in [3.63, 3.8) is 0 Å². The number of likely N-dealkylation sites (tertiary alicyclic amines) is 2. The minimum absolute atomic E-state index is 0.0819. The van der Waals surface area contributed by atoms with Gasteiger partial charge in [0.2, 0.25) is 17.7 Å². The van der Waals surface area contributed by atoms with Gasteiger partial charge in [-0.05, 0) is 32.3 Å². The van der Waals surface area contributed by atoms with Crippen LogP contribution in [0.25, 0.3) is 0 Å². The van der Waals surface area contributed by atoms with E-state index in [-0.39, 0.29) is 23.7 Å². The van der Waals surface area contributed by atoms with Crippen LogP contribution < -0.4 is 0 Å². The van der Waals surface area contributed by atoms with Gasteiger partial charge >= 0.3 is 5.97 Å². The van der Waals surface area contributed by atoms with Crippen molar-refractivity contribution in [3.8, 4) is 0 Å². The van der Waals surface area contributed by atoms with Gasteiger partial charge < -0.3 is 10.0 Å². The SMILES string of the molecule is CCN1C(=O)C2C(c3cccc([N+](=O)[O-])c3)N(C(=O)C3CC3)C(C)(C(=O)O)C2C1=O. The van der Waals surface area contributed by atoms with E-state index < -0.39 is 52.0 Å². The largest absolute Gasteiger partial charge is 0.479 e. The summed E-state index contributed by atoms with van der Waals surface area (Å²) in [5, 5.41) is 21.4. The number of fused-ring (bicyclic) bond motifs is 1. The van der Waals surface area contributed by atoms with Gasteiger partial charge in [-0.3, -0.25) is 29.4 Å². The first-order chi connectivity index (χ1) is 14.1. The Hall–Kier alpha value is -3.30. The lowest BCUT2D eigenvalue weighted by Crippen LogP contribution is -2.57. The first-order valence-corrected chi connectivity index (χ1v) is 9.80. The van der Waals surface area contributed by atoms with E-state index >= 15 is 0 Å². The molecular weight excluding hydrogens is 394 g/mol. The predicted octanol–water partition coefficient (Wildman–Crippen LogP) is 1.35. The van der Waals surface area contributed by atoms with Gasteiger partial charge in [0, 0.05) is 24.6 Å². The van der Waals surface area contributed by atoms with Crippen molar-refractivity contribution < 1.29 is 29.2 Å². The van der Waals surface area contributed by atoms with E-state index in [2.05, 4.69) is 0 Å². The number of rotatable bonds is 5. The van der Waals surface area contributed by atoms with Gasteiger partial charge in [0.15, 0.2) is 5.54 Å². The topological polar surface area (TPSA) is 138 Å². The number of imide groups is 1. The van der Waals surface area contributed by atoms with Crippen molar-refractivity contribution in [3.05, 3.63) is 39.9 Å². The molecule has 3 fully saturated rings. The highest BCUT2D eigenvalue weighted by Crippen LogP contribution is 2.56. The number of hydrogen-bond acceptors (Lipinski definition) is 6. The molecule has 0 bridgehead atoms. The summed E-state index contributed by atoms with van der Waals surface area (Å²) in [5.41, 5.74) is -1.90. The van der Waals surface area contributed by atoms with Crippen LogP contribution in [0.2, 0.25) is 0 Å². The molecule has 4 unspecified atom stereocenters. The lowest BCUT2D eigenvalue weighted by molar-refractivity contribution is -0.385. The monoisotopic (exact) mass is 415 g/mol. The second-order valence-electron chi connectivity index (χ2n) is 8.16. The number of nitro groups is 1. The Morgan fingerprint density at radius 3 is 2.47 bits per heavy atom. The van der Waals surface area contributed by atoms with Crippen LogP contribution in [0.3, 0.4) is 0 Å². The van der Waals surface area contributed by atoms with Gasteiger partial charge in [-0.2, -0.15) is 0 Å². The molecule has 2 heterocycles. The summed E-state index contributed by atoms with van der Waals surface area (Å²) in [6, 6.07) is 4.41. The molecule has 3 amide bonds. The zero-order valence-electron chi connectivity index (χ0n) is 16.5. The van der Waals surface area contributed by atoms with E-state index in [1.807, 2.05) is 0 Å². The Kier molecular flexibility index (Phi) is 4.41. The number of hydrogen-bond donors (Lipinski definition) is 1. The number of amides is 3. The van der Waals surface area contributed by atoms with Gasteiger partial charge in [-0.1, -0.05) is 12.1 Å². The molecule has 1 aromatic rings. The fourth-order valence-electron chi connectivity index (χ4n) is 4.88. The molecule has 1 aliphatic carbocycles. The molecule has 4 rings (SSSR count). The van der Waals surface area contributed by atoms with Crippen molar-refractivity contribution in [1.29, 1.82) is 0 Å². The number of nitro benzene ring substituents is 1. The van der Waals surface area contributed by atoms with Gasteiger partial charge in [0.1, 0.15) is 0 Å². The van der Waals surface area contributed by atoms with Gasteiger partial charge in [0.05, 0.1) is 22.8 Å². The van der Waals surface area contributed by atoms with Crippen molar-refractivity contribution in [2.24, 2.45) is 17.8 Å². The van der Waals surface area contributed by atoms with Gasteiger partial charge in [-0.25, -0.2) is 4.79 Å². The van der Waals surface area contributed by atoms with Crippen LogP contribution >= 0.6 is 0 Å². The van der Waals surface area contributed by atoms with E-state index in [0.29, 0.717) is 12.8 Å². The standard InChI is InChI=1S/C20H21N3O7/c1-3-21-17(25)13-14(18(21)26)20(2,19(27)28)22(16(24)10-7-8-10)15(13)11-5-4-6-12(9-11)23(29)30/h4-6,9-10,13-15H,3,7-8H2,1-2H3,(H,27,28). The third-order valence-electron chi connectivity index (χ3n) is 6.50. The van der Waals surface area contributed by atoms with Crippen LogP contribution in [0.5, 0.6) is 0 Å². The molecule has 0 radical (unpaired) electrons. The average molecular weight is 415 g/mol. The van der Waals surface area contributed by atoms with Crippen LogP contribution in [0.1, 0.15) is 38.3 Å². The molecule has 1 saturated carbocycles. The molecule has 2 aliphatic heterocycles. The summed E-state index contributed by atoms with van der Waals surface area (Å²) in [6.45, 7) is 3.00. The Balaban J connectivity index is 1.94. The summed E-state index contributed by atoms with van der Waals surface area (Å²) in [5.74, 6) is -5.72. The van der Waals surface area contributed by atoms with Crippen molar-refractivity contribution in [1.82, 2.24) is 9.80 Å². The van der Waals surface area contributed by atoms with Crippen LogP contribution in [-0.2, 0) is 19.2 Å². The molecule has 30 heavy (non-hydrogen) atoms. The summed E-state index contributed by atoms with van der Waals surface area (Å²) >= 11 is 0. The maximum Gasteiger partial charge on any atom is 0.330 e. The Morgan fingerprint density at radius 2 is 1.93 bits per heavy atom. The molecule has 4 atom stereocenters. The highest BCUT2D eigenvalue weighted by Gasteiger charge is 2.72. The molecule has 1 N–H and O–H groups in total. The van der Waals surface area contributed by atoms with Crippen LogP contribution in [0.4, 0.5) is 5.69 Å². The minimum atomic E-state index is -1.93. The molecule has 158 valence electrons. The van der Waals surface area contributed by atoms with E-state index in [1.54, 1.807) is 6.92 Å². The third kappa shape index (κ3) is 2.55. The number of carbonyl (C=O) groups excluding carboxylic acids is 3. The van der Waals surface area contributed by atoms with E-state index in [9.17, 15) is 34.4 Å². The number of aliphatic carboxylic acids is 1. The molecule has 3 aliphatic rings. The molecule has 2 saturated heterocycles. The number of carboxylic acid groups (broad SMARTS) is 1. The van der Waals surface area contributed by atoms with E-state index in [1.165, 1.54) is 31.2 Å². The van der Waals surface area contributed by atoms with Gasteiger partial charge in [0.25, 0.3) is 5.69 Å². The quantitative estimate of drug-likeness (QED) is 0.435. The Bertz CT molecular complexity index is 988. The van der Waals surface area contributed by atoms with Gasteiger partial charge in [-0.15, -0.1) is 0 Å². The highest BCUT2D eigenvalue weighted by molar-refractivity contribution is 6.10. The van der Waals surface area contributed by atoms with Crippen LogP contribution in [-0.4, -0.2) is 55.6 Å². The molecule has 0 spiro atoms. The summed E-state index contributed by atoms with van der Waals surface area (Å²) in [6.07, 6.45) is 1.20. The lowest BCUT2D eigenvalue weighted by atomic mass is 9.80. The zero-order chi connectivity index (χ0) is 22.0. The molecule has 0 aromatic heterocycles. The second-order valence-corrected chi connectivity index (χ2v) is 8.16. The molecular formula is C20H21N3O7. The lowest BCUT2D eigenvalue weighted by Gasteiger charge is -2.38. The minimum Gasteiger partial charge on any atom is -0.479 e. The maximum atomic E-state index is 13.2. The maximum absolute atomic E-state index is 13.2. The van der Waals surface area contributed by atoms with Crippen molar-refractivity contribution in [2.75, 3.05) is 6.54 Å². The second kappa shape index (κ2) is 6.61. The Morgan fingerprint density at radius 1 is 1.27 bits per heavy atom. The summed E-state index contributed by atoms with van der Waals surface area (Å²) < 4.78 is 0. The van der Waals surface area contributed by atoms with Crippen LogP contribution in [0, 0.1) is 27.9 Å². The summed E-state index contributed by atoms with van der Waals surface area (Å²) in [7, 11) is 0. The molecule has 1 aromatic carbocycles. The first kappa shape index (κ1) is 20.0. The predicted molar refractivity (Wildman–Crippen MR) is 101 cm³/mol. The first-order valence-electron chi connectivity index (χ1n) is 9.80. The molecule has 10 nitrogen and oxygen atoms in total. The number of benzene rings is 1.